The molecular formula is C12H11BrN4O2. The zero-order chi connectivity index (χ0) is 13.8. The lowest BCUT2D eigenvalue weighted by Crippen LogP contribution is -2.15. The van der Waals surface area contributed by atoms with Crippen molar-refractivity contribution in [3.8, 4) is 11.6 Å². The van der Waals surface area contributed by atoms with Crippen LogP contribution >= 0.6 is 15.9 Å². The molecule has 0 spiro atoms. The molecular weight excluding hydrogens is 312 g/mol. The summed E-state index contributed by atoms with van der Waals surface area (Å²) in [5.74, 6) is 0.924. The van der Waals surface area contributed by atoms with Gasteiger partial charge in [0, 0.05) is 4.47 Å². The zero-order valence-electron chi connectivity index (χ0n) is 10.0. The standard InChI is InChI=1S/C12H11BrN4O2/c1-7-4-8(13)2-3-10(7)19-11-6-15-9(5-16-11)12(14)17-18/h2-6,18H,1H3,(H2,14,17). The molecule has 0 amide bonds. The molecule has 19 heavy (non-hydrogen) atoms. The van der Waals surface area contributed by atoms with Gasteiger partial charge in [0.2, 0.25) is 5.88 Å². The molecule has 1 aromatic carbocycles. The number of nitrogens with two attached hydrogens (primary N) is 1. The Bertz CT molecular complexity index is 614. The number of oxime groups is 1. The Kier molecular flexibility index (Phi) is 3.96. The molecule has 0 bridgehead atoms. The normalized spacial score (nSPS) is 11.4. The third kappa shape index (κ3) is 3.19. The maximum Gasteiger partial charge on any atom is 0.237 e. The van der Waals surface area contributed by atoms with Gasteiger partial charge in [-0.1, -0.05) is 21.1 Å². The van der Waals surface area contributed by atoms with Crippen LogP contribution in [-0.2, 0) is 0 Å². The first-order valence-electron chi connectivity index (χ1n) is 5.34. The number of hydrogen-bond acceptors (Lipinski definition) is 5. The highest BCUT2D eigenvalue weighted by Crippen LogP contribution is 2.25. The first-order chi connectivity index (χ1) is 9.10. The van der Waals surface area contributed by atoms with E-state index in [2.05, 4.69) is 31.1 Å². The molecule has 0 aliphatic rings. The van der Waals surface area contributed by atoms with Crippen molar-refractivity contribution in [1.29, 1.82) is 0 Å². The molecule has 0 fully saturated rings. The molecule has 0 atom stereocenters. The number of benzene rings is 1. The Morgan fingerprint density at radius 1 is 1.37 bits per heavy atom. The number of aromatic nitrogens is 2. The number of ether oxygens (including phenoxy) is 1. The van der Waals surface area contributed by atoms with Gasteiger partial charge >= 0.3 is 0 Å². The van der Waals surface area contributed by atoms with Gasteiger partial charge in [0.15, 0.2) is 5.84 Å². The van der Waals surface area contributed by atoms with Crippen molar-refractivity contribution >= 4 is 21.8 Å². The molecule has 0 saturated heterocycles. The van der Waals surface area contributed by atoms with Gasteiger partial charge < -0.3 is 15.7 Å². The number of amidine groups is 1. The van der Waals surface area contributed by atoms with E-state index in [9.17, 15) is 0 Å². The third-order valence-corrected chi connectivity index (χ3v) is 2.84. The highest BCUT2D eigenvalue weighted by Gasteiger charge is 2.06. The fourth-order valence-electron chi connectivity index (χ4n) is 1.39. The maximum absolute atomic E-state index is 8.51. The van der Waals surface area contributed by atoms with Crippen LogP contribution in [0.5, 0.6) is 11.6 Å². The summed E-state index contributed by atoms with van der Waals surface area (Å²) >= 11 is 3.38. The van der Waals surface area contributed by atoms with E-state index in [-0.39, 0.29) is 11.5 Å². The molecule has 1 heterocycles. The second-order valence-corrected chi connectivity index (χ2v) is 4.65. The molecule has 0 aliphatic carbocycles. The van der Waals surface area contributed by atoms with Crippen LogP contribution in [0.3, 0.4) is 0 Å². The molecule has 2 aromatic rings. The van der Waals surface area contributed by atoms with Crippen molar-refractivity contribution in [2.45, 2.75) is 6.92 Å². The summed E-state index contributed by atoms with van der Waals surface area (Å²) in [7, 11) is 0. The fourth-order valence-corrected chi connectivity index (χ4v) is 1.87. The molecule has 6 nitrogen and oxygen atoms in total. The Labute approximate surface area is 118 Å². The van der Waals surface area contributed by atoms with Crippen LogP contribution in [0.15, 0.2) is 40.2 Å². The molecule has 0 unspecified atom stereocenters. The average molecular weight is 323 g/mol. The van der Waals surface area contributed by atoms with Gasteiger partial charge in [-0.3, -0.25) is 0 Å². The van der Waals surface area contributed by atoms with E-state index in [1.165, 1.54) is 12.4 Å². The Morgan fingerprint density at radius 3 is 2.74 bits per heavy atom. The predicted octanol–water partition coefficient (Wildman–Crippen LogP) is 2.43. The van der Waals surface area contributed by atoms with Gasteiger partial charge in [0.1, 0.15) is 11.4 Å². The largest absolute Gasteiger partial charge is 0.437 e. The van der Waals surface area contributed by atoms with Crippen LogP contribution in [0, 0.1) is 6.92 Å². The summed E-state index contributed by atoms with van der Waals surface area (Å²) in [6.07, 6.45) is 2.79. The Balaban J connectivity index is 2.20. The molecule has 7 heteroatoms. The summed E-state index contributed by atoms with van der Waals surface area (Å²) < 4.78 is 6.57. The van der Waals surface area contributed by atoms with Crippen LogP contribution in [0.25, 0.3) is 0 Å². The van der Waals surface area contributed by atoms with Crippen LogP contribution < -0.4 is 10.5 Å². The van der Waals surface area contributed by atoms with Gasteiger partial charge in [-0.15, -0.1) is 0 Å². The van der Waals surface area contributed by atoms with Crippen molar-refractivity contribution in [3.63, 3.8) is 0 Å². The van der Waals surface area contributed by atoms with E-state index in [4.69, 9.17) is 15.7 Å². The molecule has 1 aromatic heterocycles. The van der Waals surface area contributed by atoms with E-state index in [1.807, 2.05) is 25.1 Å². The molecule has 0 radical (unpaired) electrons. The van der Waals surface area contributed by atoms with Crippen molar-refractivity contribution in [2.75, 3.05) is 0 Å². The number of nitrogens with zero attached hydrogens (tertiary/aromatic N) is 3. The number of hydrogen-bond donors (Lipinski definition) is 2. The minimum Gasteiger partial charge on any atom is -0.437 e. The minimum absolute atomic E-state index is 0.0983. The first-order valence-corrected chi connectivity index (χ1v) is 6.13. The van der Waals surface area contributed by atoms with Crippen LogP contribution in [-0.4, -0.2) is 21.0 Å². The highest BCUT2D eigenvalue weighted by atomic mass is 79.9. The Morgan fingerprint density at radius 2 is 2.16 bits per heavy atom. The number of aryl methyl sites for hydroxylation is 1. The predicted molar refractivity (Wildman–Crippen MR) is 73.5 cm³/mol. The zero-order valence-corrected chi connectivity index (χ0v) is 11.6. The fraction of sp³-hybridized carbons (Fsp3) is 0.0833. The van der Waals surface area contributed by atoms with Crippen molar-refractivity contribution < 1.29 is 9.94 Å². The lowest BCUT2D eigenvalue weighted by molar-refractivity contribution is 0.318. The second kappa shape index (κ2) is 5.66. The molecule has 2 rings (SSSR count). The van der Waals surface area contributed by atoms with E-state index < -0.39 is 0 Å². The lowest BCUT2D eigenvalue weighted by atomic mass is 10.2. The van der Waals surface area contributed by atoms with Crippen molar-refractivity contribution in [3.05, 3.63) is 46.3 Å². The van der Waals surface area contributed by atoms with Gasteiger partial charge in [-0.05, 0) is 30.7 Å². The van der Waals surface area contributed by atoms with Gasteiger partial charge in [0.05, 0.1) is 12.4 Å². The minimum atomic E-state index is -0.0983. The summed E-state index contributed by atoms with van der Waals surface area (Å²) in [6, 6.07) is 5.65. The SMILES string of the molecule is Cc1cc(Br)ccc1Oc1cnc(C(N)=NO)cn1. The van der Waals surface area contributed by atoms with Crippen LogP contribution in [0.2, 0.25) is 0 Å². The quantitative estimate of drug-likeness (QED) is 0.392. The van der Waals surface area contributed by atoms with Crippen LogP contribution in [0.4, 0.5) is 0 Å². The first kappa shape index (κ1) is 13.3. The molecule has 3 N–H and O–H groups in total. The van der Waals surface area contributed by atoms with E-state index in [0.717, 1.165) is 10.0 Å². The van der Waals surface area contributed by atoms with Gasteiger partial charge in [-0.2, -0.15) is 0 Å². The number of halogens is 1. The Hall–Kier alpha value is -2.15. The maximum atomic E-state index is 8.51. The van der Waals surface area contributed by atoms with E-state index in [1.54, 1.807) is 0 Å². The monoisotopic (exact) mass is 322 g/mol. The van der Waals surface area contributed by atoms with E-state index >= 15 is 0 Å². The summed E-state index contributed by atoms with van der Waals surface area (Å²) in [6.45, 7) is 1.93. The third-order valence-electron chi connectivity index (χ3n) is 2.35. The second-order valence-electron chi connectivity index (χ2n) is 3.74. The molecule has 98 valence electrons. The number of rotatable bonds is 3. The summed E-state index contributed by atoms with van der Waals surface area (Å²) in [5.41, 5.74) is 6.64. The summed E-state index contributed by atoms with van der Waals surface area (Å²) in [5, 5.41) is 11.4. The van der Waals surface area contributed by atoms with Gasteiger partial charge in [-0.25, -0.2) is 9.97 Å². The summed E-state index contributed by atoms with van der Waals surface area (Å²) in [4.78, 5) is 8.02. The van der Waals surface area contributed by atoms with Crippen LogP contribution in [0.1, 0.15) is 11.3 Å². The lowest BCUT2D eigenvalue weighted by Gasteiger charge is -2.07. The molecule has 0 aliphatic heterocycles. The average Bonchev–Trinajstić information content (AvgIpc) is 2.42. The molecule has 0 saturated carbocycles. The topological polar surface area (TPSA) is 93.6 Å². The highest BCUT2D eigenvalue weighted by molar-refractivity contribution is 9.10. The smallest absolute Gasteiger partial charge is 0.237 e. The van der Waals surface area contributed by atoms with Gasteiger partial charge in [0.25, 0.3) is 0 Å². The van der Waals surface area contributed by atoms with Crippen molar-refractivity contribution in [1.82, 2.24) is 9.97 Å². The van der Waals surface area contributed by atoms with E-state index in [0.29, 0.717) is 11.6 Å². The van der Waals surface area contributed by atoms with Crippen molar-refractivity contribution in [2.24, 2.45) is 10.9 Å².